The molecule has 0 spiro atoms. The SMILES string of the molecule is CS(=O)(=O)O.O=S(=O)(c1ccccc1)c1cccc(O)c1O. The van der Waals surface area contributed by atoms with E-state index in [0.717, 1.165) is 0 Å². The van der Waals surface area contributed by atoms with Gasteiger partial charge in [-0.15, -0.1) is 0 Å². The van der Waals surface area contributed by atoms with Gasteiger partial charge in [-0.05, 0) is 24.3 Å². The summed E-state index contributed by atoms with van der Waals surface area (Å²) in [5.74, 6) is -1.08. The first kappa shape index (κ1) is 18.0. The van der Waals surface area contributed by atoms with E-state index in [0.29, 0.717) is 6.26 Å². The summed E-state index contributed by atoms with van der Waals surface area (Å²) in [6.45, 7) is 0. The lowest BCUT2D eigenvalue weighted by Crippen LogP contribution is -2.01. The van der Waals surface area contributed by atoms with Gasteiger partial charge in [-0.1, -0.05) is 24.3 Å². The smallest absolute Gasteiger partial charge is 0.261 e. The van der Waals surface area contributed by atoms with Crippen LogP contribution in [0.15, 0.2) is 58.3 Å². The fourth-order valence-corrected chi connectivity index (χ4v) is 2.84. The van der Waals surface area contributed by atoms with E-state index in [1.807, 2.05) is 0 Å². The summed E-state index contributed by atoms with van der Waals surface area (Å²) in [7, 11) is -7.47. The topological polar surface area (TPSA) is 129 Å². The zero-order chi connectivity index (χ0) is 17.0. The number of phenolic OH excluding ortho intramolecular Hbond substituents is 2. The third kappa shape index (κ3) is 5.02. The molecular formula is C13H14O7S2. The maximum absolute atomic E-state index is 12.1. The first-order chi connectivity index (χ1) is 10.0. The van der Waals surface area contributed by atoms with Crippen molar-refractivity contribution in [2.75, 3.05) is 6.26 Å². The molecule has 9 heteroatoms. The Labute approximate surface area is 128 Å². The monoisotopic (exact) mass is 346 g/mol. The van der Waals surface area contributed by atoms with Crippen LogP contribution >= 0.6 is 0 Å². The maximum atomic E-state index is 12.1. The molecule has 0 fully saturated rings. The van der Waals surface area contributed by atoms with E-state index in [4.69, 9.17) is 4.55 Å². The third-order valence-electron chi connectivity index (χ3n) is 2.32. The van der Waals surface area contributed by atoms with Crippen molar-refractivity contribution in [2.45, 2.75) is 9.79 Å². The molecule has 0 unspecified atom stereocenters. The Morgan fingerprint density at radius 3 is 1.82 bits per heavy atom. The predicted octanol–water partition coefficient (Wildman–Crippen LogP) is 1.43. The minimum absolute atomic E-state index is 0.0703. The Kier molecular flexibility index (Phi) is 5.53. The molecule has 0 bridgehead atoms. The van der Waals surface area contributed by atoms with Gasteiger partial charge in [0.05, 0.1) is 11.2 Å². The fourth-order valence-electron chi connectivity index (χ4n) is 1.45. The first-order valence-corrected chi connectivity index (χ1v) is 9.10. The molecule has 0 atom stereocenters. The molecule has 2 rings (SSSR count). The first-order valence-electron chi connectivity index (χ1n) is 5.77. The Morgan fingerprint density at radius 1 is 0.818 bits per heavy atom. The van der Waals surface area contributed by atoms with Gasteiger partial charge in [0.15, 0.2) is 11.5 Å². The lowest BCUT2D eigenvalue weighted by Gasteiger charge is -2.07. The summed E-state index contributed by atoms with van der Waals surface area (Å²) in [6, 6.07) is 11.6. The quantitative estimate of drug-likeness (QED) is 0.554. The van der Waals surface area contributed by atoms with Gasteiger partial charge in [-0.25, -0.2) is 8.42 Å². The van der Waals surface area contributed by atoms with Crippen molar-refractivity contribution in [1.29, 1.82) is 0 Å². The second kappa shape index (κ2) is 6.77. The summed E-state index contributed by atoms with van der Waals surface area (Å²) < 4.78 is 50.1. The van der Waals surface area contributed by atoms with Crippen LogP contribution in [-0.2, 0) is 20.0 Å². The van der Waals surface area contributed by atoms with Crippen molar-refractivity contribution >= 4 is 20.0 Å². The fraction of sp³-hybridized carbons (Fsp3) is 0.0769. The average Bonchev–Trinajstić information content (AvgIpc) is 2.41. The largest absolute Gasteiger partial charge is 0.504 e. The molecular weight excluding hydrogens is 332 g/mol. The highest BCUT2D eigenvalue weighted by Crippen LogP contribution is 2.34. The summed E-state index contributed by atoms with van der Waals surface area (Å²) in [4.78, 5) is -0.232. The highest BCUT2D eigenvalue weighted by molar-refractivity contribution is 7.91. The van der Waals surface area contributed by atoms with E-state index in [9.17, 15) is 27.0 Å². The average molecular weight is 346 g/mol. The van der Waals surface area contributed by atoms with Crippen molar-refractivity contribution < 1.29 is 31.6 Å². The number of para-hydroxylation sites is 1. The Balaban J connectivity index is 0.000000422. The minimum atomic E-state index is -3.80. The molecule has 0 aliphatic carbocycles. The van der Waals surface area contributed by atoms with Gasteiger partial charge in [0.2, 0.25) is 9.84 Å². The summed E-state index contributed by atoms with van der Waals surface area (Å²) >= 11 is 0. The third-order valence-corrected chi connectivity index (χ3v) is 4.12. The molecule has 0 amide bonds. The van der Waals surface area contributed by atoms with Gasteiger partial charge in [0.1, 0.15) is 4.90 Å². The number of hydrogen-bond acceptors (Lipinski definition) is 6. The van der Waals surface area contributed by atoms with Gasteiger partial charge in [-0.3, -0.25) is 4.55 Å². The van der Waals surface area contributed by atoms with Crippen molar-refractivity contribution in [2.24, 2.45) is 0 Å². The van der Waals surface area contributed by atoms with E-state index in [-0.39, 0.29) is 9.79 Å². The molecule has 0 aliphatic heterocycles. The number of sulfone groups is 1. The van der Waals surface area contributed by atoms with Crippen LogP contribution in [0.2, 0.25) is 0 Å². The Bertz CT molecular complexity index is 833. The summed E-state index contributed by atoms with van der Waals surface area (Å²) in [5.41, 5.74) is 0. The van der Waals surface area contributed by atoms with Crippen LogP contribution in [0.1, 0.15) is 0 Å². The molecule has 0 saturated carbocycles. The van der Waals surface area contributed by atoms with Gasteiger partial charge in [-0.2, -0.15) is 8.42 Å². The van der Waals surface area contributed by atoms with E-state index < -0.39 is 31.5 Å². The molecule has 2 aromatic rings. The number of hydrogen-bond donors (Lipinski definition) is 3. The van der Waals surface area contributed by atoms with Crippen LogP contribution < -0.4 is 0 Å². The van der Waals surface area contributed by atoms with Crippen LogP contribution in [0.4, 0.5) is 0 Å². The van der Waals surface area contributed by atoms with Gasteiger partial charge in [0, 0.05) is 0 Å². The van der Waals surface area contributed by atoms with E-state index >= 15 is 0 Å². The van der Waals surface area contributed by atoms with Gasteiger partial charge >= 0.3 is 0 Å². The van der Waals surface area contributed by atoms with E-state index in [1.165, 1.54) is 30.3 Å². The maximum Gasteiger partial charge on any atom is 0.261 e. The molecule has 2 aromatic carbocycles. The molecule has 3 N–H and O–H groups in total. The zero-order valence-electron chi connectivity index (χ0n) is 11.4. The van der Waals surface area contributed by atoms with Crippen LogP contribution in [0, 0.1) is 0 Å². The second-order valence-corrected chi connectivity index (χ2v) is 7.56. The molecule has 7 nitrogen and oxygen atoms in total. The van der Waals surface area contributed by atoms with Crippen molar-refractivity contribution in [3.8, 4) is 11.5 Å². The van der Waals surface area contributed by atoms with Crippen LogP contribution in [-0.4, -0.2) is 37.9 Å². The highest BCUT2D eigenvalue weighted by atomic mass is 32.2. The minimum Gasteiger partial charge on any atom is -0.504 e. The molecule has 0 radical (unpaired) electrons. The standard InChI is InChI=1S/C12H10O4S.CH4O3S/c13-10-7-4-8-11(12(10)14)17(15,16)9-5-2-1-3-6-9;1-5(2,3)4/h1-8,13-14H;1H3,(H,2,3,4). The molecule has 0 saturated heterocycles. The predicted molar refractivity (Wildman–Crippen MR) is 79.1 cm³/mol. The number of rotatable bonds is 2. The normalized spacial score (nSPS) is 11.4. The van der Waals surface area contributed by atoms with Crippen molar-refractivity contribution in [3.05, 3.63) is 48.5 Å². The molecule has 120 valence electrons. The highest BCUT2D eigenvalue weighted by Gasteiger charge is 2.22. The zero-order valence-corrected chi connectivity index (χ0v) is 13.0. The van der Waals surface area contributed by atoms with Gasteiger partial charge in [0.25, 0.3) is 10.1 Å². The summed E-state index contributed by atoms with van der Waals surface area (Å²) in [5, 5.41) is 18.9. The number of benzene rings is 2. The Morgan fingerprint density at radius 2 is 1.32 bits per heavy atom. The van der Waals surface area contributed by atoms with Crippen LogP contribution in [0.3, 0.4) is 0 Å². The molecule has 0 heterocycles. The number of phenols is 2. The van der Waals surface area contributed by atoms with Crippen LogP contribution in [0.5, 0.6) is 11.5 Å². The molecule has 0 aliphatic rings. The molecule has 0 aromatic heterocycles. The summed E-state index contributed by atoms with van der Waals surface area (Å²) in [6.07, 6.45) is 0.715. The second-order valence-electron chi connectivity index (χ2n) is 4.17. The Hall–Kier alpha value is -2.10. The van der Waals surface area contributed by atoms with Crippen molar-refractivity contribution in [1.82, 2.24) is 0 Å². The van der Waals surface area contributed by atoms with E-state index in [2.05, 4.69) is 0 Å². The van der Waals surface area contributed by atoms with Crippen molar-refractivity contribution in [3.63, 3.8) is 0 Å². The lowest BCUT2D eigenvalue weighted by atomic mass is 10.3. The molecule has 22 heavy (non-hydrogen) atoms. The van der Waals surface area contributed by atoms with Gasteiger partial charge < -0.3 is 10.2 Å². The number of aromatic hydroxyl groups is 2. The van der Waals surface area contributed by atoms with Crippen LogP contribution in [0.25, 0.3) is 0 Å². The lowest BCUT2D eigenvalue weighted by molar-refractivity contribution is 0.393. The van der Waals surface area contributed by atoms with E-state index in [1.54, 1.807) is 18.2 Å².